The highest BCUT2D eigenvalue weighted by Crippen LogP contribution is 2.34. The summed E-state index contributed by atoms with van der Waals surface area (Å²) in [5, 5.41) is 21.9. The molecule has 4 rings (SSSR count). The van der Waals surface area contributed by atoms with E-state index in [9.17, 15) is 19.4 Å². The number of aryl methyl sites for hydroxylation is 1. The largest absolute Gasteiger partial charge is 0.387 e. The Balaban J connectivity index is 1.39. The van der Waals surface area contributed by atoms with Crippen LogP contribution in [0, 0.1) is 11.7 Å². The van der Waals surface area contributed by atoms with Gasteiger partial charge in [0.2, 0.25) is 5.91 Å². The Kier molecular flexibility index (Phi) is 6.65. The molecule has 0 radical (unpaired) electrons. The van der Waals surface area contributed by atoms with Crippen molar-refractivity contribution >= 4 is 11.6 Å². The number of hydrogen-bond donors (Lipinski definition) is 2. The molecule has 2 aliphatic heterocycles. The number of β-amino-alcohol motifs (C(OH)–C–C–N with tert-alkyl or cyclic N) is 1. The molecule has 0 bridgehead atoms. The molecule has 172 valence electrons. The Hall–Kier alpha value is -2.28. The molecule has 0 saturated carbocycles. The number of carbonyl (C=O) groups is 1. The van der Waals surface area contributed by atoms with Crippen LogP contribution in [-0.4, -0.2) is 47.2 Å². The van der Waals surface area contributed by atoms with Gasteiger partial charge in [-0.3, -0.25) is 4.79 Å². The quantitative estimate of drug-likeness (QED) is 0.743. The molecule has 1 amide bonds. The van der Waals surface area contributed by atoms with E-state index in [1.165, 1.54) is 12.1 Å². The fourth-order valence-corrected chi connectivity index (χ4v) is 4.87. The van der Waals surface area contributed by atoms with Gasteiger partial charge >= 0.3 is 0 Å². The number of aliphatic hydroxyl groups is 2. The Bertz CT molecular complexity index is 952. The van der Waals surface area contributed by atoms with Gasteiger partial charge in [0.1, 0.15) is 5.82 Å². The predicted molar refractivity (Wildman–Crippen MR) is 123 cm³/mol. The van der Waals surface area contributed by atoms with Gasteiger partial charge in [-0.2, -0.15) is 0 Å². The number of likely N-dealkylation sites (tertiary alicyclic amines) is 1. The lowest BCUT2D eigenvalue weighted by Crippen LogP contribution is -2.44. The smallest absolute Gasteiger partial charge is 0.229 e. The zero-order valence-electron chi connectivity index (χ0n) is 18.9. The molecule has 1 atom stereocenters. The predicted octanol–water partition coefficient (Wildman–Crippen LogP) is 3.78. The normalized spacial score (nSPS) is 19.6. The molecular weight excluding hydrogens is 407 g/mol. The van der Waals surface area contributed by atoms with E-state index in [1.807, 2.05) is 36.9 Å². The van der Waals surface area contributed by atoms with Crippen LogP contribution in [-0.2, 0) is 16.8 Å². The number of nitrogens with zero attached hydrogens (tertiary/aromatic N) is 2. The third kappa shape index (κ3) is 4.72. The summed E-state index contributed by atoms with van der Waals surface area (Å²) in [6, 6.07) is 12.0. The van der Waals surface area contributed by atoms with Crippen molar-refractivity contribution in [3.63, 3.8) is 0 Å². The van der Waals surface area contributed by atoms with Crippen molar-refractivity contribution in [2.75, 3.05) is 31.1 Å². The number of piperidine rings is 1. The fourth-order valence-electron chi connectivity index (χ4n) is 4.87. The average molecular weight is 441 g/mol. The Morgan fingerprint density at radius 2 is 1.78 bits per heavy atom. The van der Waals surface area contributed by atoms with Crippen molar-refractivity contribution in [2.24, 2.45) is 5.92 Å². The molecule has 0 unspecified atom stereocenters. The number of anilines is 1. The van der Waals surface area contributed by atoms with Crippen LogP contribution < -0.4 is 4.90 Å². The van der Waals surface area contributed by atoms with Crippen LogP contribution in [0.1, 0.15) is 55.9 Å². The molecule has 2 N–H and O–H groups in total. The van der Waals surface area contributed by atoms with Gasteiger partial charge in [-0.05, 0) is 60.6 Å². The molecule has 1 saturated heterocycles. The zero-order chi connectivity index (χ0) is 22.9. The lowest BCUT2D eigenvalue weighted by Gasteiger charge is -2.39. The minimum Gasteiger partial charge on any atom is -0.387 e. The summed E-state index contributed by atoms with van der Waals surface area (Å²) in [6.07, 6.45) is 2.29. The first-order valence-electron chi connectivity index (χ1n) is 11.6. The third-order valence-corrected chi connectivity index (χ3v) is 6.86. The van der Waals surface area contributed by atoms with E-state index in [-0.39, 0.29) is 17.6 Å². The Morgan fingerprint density at radius 3 is 2.44 bits per heavy atom. The van der Waals surface area contributed by atoms with Crippen LogP contribution in [0.2, 0.25) is 0 Å². The van der Waals surface area contributed by atoms with E-state index >= 15 is 0 Å². The summed E-state index contributed by atoms with van der Waals surface area (Å²) >= 11 is 0. The van der Waals surface area contributed by atoms with Crippen LogP contribution in [0.4, 0.5) is 10.1 Å². The van der Waals surface area contributed by atoms with Gasteiger partial charge in [0.15, 0.2) is 0 Å². The summed E-state index contributed by atoms with van der Waals surface area (Å²) in [4.78, 5) is 16.6. The van der Waals surface area contributed by atoms with E-state index in [0.717, 1.165) is 41.8 Å². The van der Waals surface area contributed by atoms with E-state index in [0.29, 0.717) is 32.5 Å². The van der Waals surface area contributed by atoms with Crippen LogP contribution >= 0.6 is 0 Å². The monoisotopic (exact) mass is 440 g/mol. The maximum atomic E-state index is 13.2. The maximum absolute atomic E-state index is 13.2. The molecule has 2 heterocycles. The first-order chi connectivity index (χ1) is 15.3. The molecule has 0 spiro atoms. The molecule has 0 aromatic heterocycles. The topological polar surface area (TPSA) is 64.0 Å². The molecule has 1 fully saturated rings. The van der Waals surface area contributed by atoms with Gasteiger partial charge < -0.3 is 20.0 Å². The van der Waals surface area contributed by atoms with Gasteiger partial charge in [-0.1, -0.05) is 38.1 Å². The molecule has 32 heavy (non-hydrogen) atoms. The molecule has 2 aromatic rings. The van der Waals surface area contributed by atoms with Gasteiger partial charge in [0.25, 0.3) is 0 Å². The average Bonchev–Trinajstić information content (AvgIpc) is 2.79. The molecule has 2 aromatic carbocycles. The van der Waals surface area contributed by atoms with Crippen molar-refractivity contribution in [2.45, 2.75) is 51.2 Å². The second-order valence-electron chi connectivity index (χ2n) is 9.49. The first kappa shape index (κ1) is 22.9. The van der Waals surface area contributed by atoms with Crippen molar-refractivity contribution in [3.8, 4) is 0 Å². The number of rotatable bonds is 5. The minimum atomic E-state index is -0.951. The van der Waals surface area contributed by atoms with Gasteiger partial charge in [-0.25, -0.2) is 4.39 Å². The number of halogens is 1. The molecule has 6 heteroatoms. The lowest BCUT2D eigenvalue weighted by atomic mass is 9.84. The molecule has 0 aliphatic carbocycles. The number of amides is 1. The standard InChI is InChI=1S/C26H33FN2O3/c1-18(2)25(31)29-13-3-4-19-16-20(5-10-23(19)29)24(30)17-28-14-11-26(32,12-15-28)21-6-8-22(27)9-7-21/h5-10,16,18,24,30,32H,3-4,11-15,17H2,1-2H3/t24-/m0/s1. The summed E-state index contributed by atoms with van der Waals surface area (Å²) < 4.78 is 13.2. The third-order valence-electron chi connectivity index (χ3n) is 6.86. The SMILES string of the molecule is CC(C)C(=O)N1CCCc2cc([C@@H](O)CN3CCC(O)(c4ccc(F)cc4)CC3)ccc21. The van der Waals surface area contributed by atoms with Crippen LogP contribution in [0.25, 0.3) is 0 Å². The highest BCUT2D eigenvalue weighted by Gasteiger charge is 2.34. The summed E-state index contributed by atoms with van der Waals surface area (Å²) in [6.45, 7) is 6.40. The van der Waals surface area contributed by atoms with Crippen LogP contribution in [0.5, 0.6) is 0 Å². The zero-order valence-corrected chi connectivity index (χ0v) is 18.9. The number of benzene rings is 2. The lowest BCUT2D eigenvalue weighted by molar-refractivity contribution is -0.121. The second-order valence-corrected chi connectivity index (χ2v) is 9.49. The van der Waals surface area contributed by atoms with Gasteiger partial charge in [0, 0.05) is 37.8 Å². The van der Waals surface area contributed by atoms with Crippen molar-refractivity contribution in [1.29, 1.82) is 0 Å². The van der Waals surface area contributed by atoms with E-state index < -0.39 is 11.7 Å². The van der Waals surface area contributed by atoms with Crippen molar-refractivity contribution in [1.82, 2.24) is 4.90 Å². The number of fused-ring (bicyclic) bond motifs is 1. The molecule has 5 nitrogen and oxygen atoms in total. The maximum Gasteiger partial charge on any atom is 0.229 e. The van der Waals surface area contributed by atoms with E-state index in [4.69, 9.17) is 0 Å². The minimum absolute atomic E-state index is 0.0427. The summed E-state index contributed by atoms with van der Waals surface area (Å²) in [5.74, 6) is -0.209. The van der Waals surface area contributed by atoms with Crippen LogP contribution in [0.15, 0.2) is 42.5 Å². The number of hydrogen-bond acceptors (Lipinski definition) is 4. The fraction of sp³-hybridized carbons (Fsp3) is 0.500. The van der Waals surface area contributed by atoms with Crippen molar-refractivity contribution < 1.29 is 19.4 Å². The van der Waals surface area contributed by atoms with Crippen molar-refractivity contribution in [3.05, 3.63) is 65.0 Å². The number of aliphatic hydroxyl groups excluding tert-OH is 1. The van der Waals surface area contributed by atoms with Gasteiger partial charge in [0.05, 0.1) is 11.7 Å². The van der Waals surface area contributed by atoms with E-state index in [2.05, 4.69) is 4.90 Å². The second kappa shape index (κ2) is 9.30. The van der Waals surface area contributed by atoms with Gasteiger partial charge in [-0.15, -0.1) is 0 Å². The highest BCUT2D eigenvalue weighted by molar-refractivity contribution is 5.95. The molecular formula is C26H33FN2O3. The van der Waals surface area contributed by atoms with Crippen LogP contribution in [0.3, 0.4) is 0 Å². The first-order valence-corrected chi connectivity index (χ1v) is 11.6. The number of carbonyl (C=O) groups excluding carboxylic acids is 1. The molecule has 2 aliphatic rings. The summed E-state index contributed by atoms with van der Waals surface area (Å²) in [7, 11) is 0. The summed E-state index contributed by atoms with van der Waals surface area (Å²) in [5.41, 5.74) is 2.74. The Morgan fingerprint density at radius 1 is 1.09 bits per heavy atom. The van der Waals surface area contributed by atoms with E-state index in [1.54, 1.807) is 12.1 Å². The highest BCUT2D eigenvalue weighted by atomic mass is 19.1. The Labute approximate surface area is 189 Å².